The van der Waals surface area contributed by atoms with E-state index in [1.165, 1.54) is 13.3 Å². The minimum absolute atomic E-state index is 0.0423. The third kappa shape index (κ3) is 4.29. The predicted octanol–water partition coefficient (Wildman–Crippen LogP) is 1.23. The maximum absolute atomic E-state index is 11.1. The molecule has 0 aromatic carbocycles. The molecule has 5 nitrogen and oxygen atoms in total. The number of aliphatic carboxylic acids is 1. The standard InChI is InChI=1S/C13H24N2O3/c1-11(16)14-8-9-15(2)13(10-12(17)18)6-4-3-5-7-13/h3-10H2,1-2H3,(H,14,16)(H,17,18). The van der Waals surface area contributed by atoms with Crippen LogP contribution >= 0.6 is 0 Å². The van der Waals surface area contributed by atoms with Gasteiger partial charge in [-0.2, -0.15) is 0 Å². The zero-order valence-electron chi connectivity index (χ0n) is 11.4. The molecule has 0 spiro atoms. The monoisotopic (exact) mass is 256 g/mol. The second kappa shape index (κ2) is 6.73. The fourth-order valence-corrected chi connectivity index (χ4v) is 2.82. The molecule has 0 atom stereocenters. The number of carboxylic acid groups (broad SMARTS) is 1. The molecular weight excluding hydrogens is 232 g/mol. The maximum Gasteiger partial charge on any atom is 0.305 e. The van der Waals surface area contributed by atoms with Gasteiger partial charge in [0.15, 0.2) is 0 Å². The lowest BCUT2D eigenvalue weighted by Gasteiger charge is -2.44. The van der Waals surface area contributed by atoms with E-state index in [1.54, 1.807) is 0 Å². The van der Waals surface area contributed by atoms with Crippen LogP contribution in [0.3, 0.4) is 0 Å². The number of rotatable bonds is 6. The summed E-state index contributed by atoms with van der Waals surface area (Å²) in [4.78, 5) is 24.0. The Morgan fingerprint density at radius 1 is 1.28 bits per heavy atom. The number of carbonyl (C=O) groups is 2. The van der Waals surface area contributed by atoms with Gasteiger partial charge in [0.05, 0.1) is 6.42 Å². The summed E-state index contributed by atoms with van der Waals surface area (Å²) in [5.74, 6) is -0.775. The van der Waals surface area contributed by atoms with E-state index in [9.17, 15) is 9.59 Å². The summed E-state index contributed by atoms with van der Waals surface area (Å²) < 4.78 is 0. The van der Waals surface area contributed by atoms with Crippen molar-refractivity contribution >= 4 is 11.9 Å². The molecule has 1 rings (SSSR count). The van der Waals surface area contributed by atoms with Crippen molar-refractivity contribution < 1.29 is 14.7 Å². The number of likely N-dealkylation sites (N-methyl/N-ethyl adjacent to an activating group) is 1. The van der Waals surface area contributed by atoms with Crippen molar-refractivity contribution in [1.29, 1.82) is 0 Å². The SMILES string of the molecule is CC(=O)NCCN(C)C1(CC(=O)O)CCCCC1. The Balaban J connectivity index is 2.57. The van der Waals surface area contributed by atoms with Crippen molar-refractivity contribution in [3.63, 3.8) is 0 Å². The normalized spacial score (nSPS) is 18.6. The zero-order valence-corrected chi connectivity index (χ0v) is 11.4. The molecule has 0 saturated heterocycles. The molecule has 5 heteroatoms. The Hall–Kier alpha value is -1.10. The van der Waals surface area contributed by atoms with Crippen LogP contribution < -0.4 is 5.32 Å². The number of hydrogen-bond donors (Lipinski definition) is 2. The molecular formula is C13H24N2O3. The second-order valence-electron chi connectivity index (χ2n) is 5.26. The van der Waals surface area contributed by atoms with Crippen molar-refractivity contribution in [2.24, 2.45) is 0 Å². The van der Waals surface area contributed by atoms with Gasteiger partial charge in [0, 0.05) is 25.6 Å². The summed E-state index contributed by atoms with van der Waals surface area (Å²) in [6, 6.07) is 0. The molecule has 0 bridgehead atoms. The number of nitrogens with zero attached hydrogens (tertiary/aromatic N) is 1. The largest absolute Gasteiger partial charge is 0.481 e. The zero-order chi connectivity index (χ0) is 13.6. The van der Waals surface area contributed by atoms with Gasteiger partial charge in [0.25, 0.3) is 0 Å². The van der Waals surface area contributed by atoms with Gasteiger partial charge in [-0.05, 0) is 19.9 Å². The fraction of sp³-hybridized carbons (Fsp3) is 0.846. The third-order valence-electron chi connectivity index (χ3n) is 3.90. The van der Waals surface area contributed by atoms with Gasteiger partial charge in [0.2, 0.25) is 5.91 Å². The Morgan fingerprint density at radius 2 is 1.89 bits per heavy atom. The van der Waals surface area contributed by atoms with Crippen LogP contribution in [0, 0.1) is 0 Å². The first-order valence-electron chi connectivity index (χ1n) is 6.64. The van der Waals surface area contributed by atoms with E-state index in [2.05, 4.69) is 10.2 Å². The first kappa shape index (κ1) is 15.0. The molecule has 2 N–H and O–H groups in total. The van der Waals surface area contributed by atoms with E-state index in [4.69, 9.17) is 5.11 Å². The summed E-state index contributed by atoms with van der Waals surface area (Å²) >= 11 is 0. The van der Waals surface area contributed by atoms with Crippen molar-refractivity contribution in [2.75, 3.05) is 20.1 Å². The summed E-state index contributed by atoms with van der Waals surface area (Å²) in [5.41, 5.74) is -0.220. The van der Waals surface area contributed by atoms with Gasteiger partial charge in [-0.15, -0.1) is 0 Å². The number of amides is 1. The number of carboxylic acids is 1. The fourth-order valence-electron chi connectivity index (χ4n) is 2.82. The summed E-state index contributed by atoms with van der Waals surface area (Å²) in [6.07, 6.45) is 5.46. The van der Waals surface area contributed by atoms with E-state index in [-0.39, 0.29) is 17.9 Å². The van der Waals surface area contributed by atoms with Crippen LogP contribution in [0.1, 0.15) is 45.4 Å². The van der Waals surface area contributed by atoms with Crippen LogP contribution in [0.2, 0.25) is 0 Å². The van der Waals surface area contributed by atoms with E-state index in [0.717, 1.165) is 25.7 Å². The Kier molecular flexibility index (Phi) is 5.59. The Bertz CT molecular complexity index is 299. The maximum atomic E-state index is 11.1. The molecule has 0 heterocycles. The predicted molar refractivity (Wildman–Crippen MR) is 69.4 cm³/mol. The van der Waals surface area contributed by atoms with Crippen LogP contribution in [-0.4, -0.2) is 47.6 Å². The first-order valence-corrected chi connectivity index (χ1v) is 6.64. The minimum atomic E-state index is -0.733. The number of carbonyl (C=O) groups excluding carboxylic acids is 1. The molecule has 0 unspecified atom stereocenters. The van der Waals surface area contributed by atoms with Gasteiger partial charge < -0.3 is 10.4 Å². The average Bonchev–Trinajstić information content (AvgIpc) is 2.28. The van der Waals surface area contributed by atoms with Crippen LogP contribution in [0.25, 0.3) is 0 Å². The van der Waals surface area contributed by atoms with Crippen LogP contribution in [-0.2, 0) is 9.59 Å². The van der Waals surface area contributed by atoms with Gasteiger partial charge in [-0.25, -0.2) is 0 Å². The van der Waals surface area contributed by atoms with Gasteiger partial charge in [-0.3, -0.25) is 14.5 Å². The van der Waals surface area contributed by atoms with E-state index in [1.807, 2.05) is 7.05 Å². The van der Waals surface area contributed by atoms with Crippen molar-refractivity contribution in [1.82, 2.24) is 10.2 Å². The summed E-state index contributed by atoms with van der Waals surface area (Å²) in [5, 5.41) is 11.9. The van der Waals surface area contributed by atoms with Crippen molar-refractivity contribution in [3.05, 3.63) is 0 Å². The van der Waals surface area contributed by atoms with Gasteiger partial charge >= 0.3 is 5.97 Å². The highest BCUT2D eigenvalue weighted by atomic mass is 16.4. The first-order chi connectivity index (χ1) is 8.46. The van der Waals surface area contributed by atoms with Crippen LogP contribution in [0.5, 0.6) is 0 Å². The molecule has 18 heavy (non-hydrogen) atoms. The highest BCUT2D eigenvalue weighted by Gasteiger charge is 2.37. The Morgan fingerprint density at radius 3 is 2.39 bits per heavy atom. The van der Waals surface area contributed by atoms with Crippen LogP contribution in [0.15, 0.2) is 0 Å². The number of hydrogen-bond acceptors (Lipinski definition) is 3. The highest BCUT2D eigenvalue weighted by molar-refractivity contribution is 5.72. The third-order valence-corrected chi connectivity index (χ3v) is 3.90. The molecule has 1 saturated carbocycles. The molecule has 0 aliphatic heterocycles. The van der Waals surface area contributed by atoms with Gasteiger partial charge in [0.1, 0.15) is 0 Å². The topological polar surface area (TPSA) is 69.6 Å². The lowest BCUT2D eigenvalue weighted by Crippen LogP contribution is -2.51. The smallest absolute Gasteiger partial charge is 0.305 e. The number of nitrogens with one attached hydrogen (secondary N) is 1. The van der Waals surface area contributed by atoms with E-state index < -0.39 is 5.97 Å². The molecule has 1 aliphatic carbocycles. The molecule has 0 radical (unpaired) electrons. The summed E-state index contributed by atoms with van der Waals surface area (Å²) in [6.45, 7) is 2.77. The molecule has 0 aromatic heterocycles. The highest BCUT2D eigenvalue weighted by Crippen LogP contribution is 2.35. The lowest BCUT2D eigenvalue weighted by molar-refractivity contribution is -0.141. The average molecular weight is 256 g/mol. The van der Waals surface area contributed by atoms with Crippen molar-refractivity contribution in [3.8, 4) is 0 Å². The van der Waals surface area contributed by atoms with Crippen molar-refractivity contribution in [2.45, 2.75) is 51.0 Å². The van der Waals surface area contributed by atoms with E-state index in [0.29, 0.717) is 13.1 Å². The lowest BCUT2D eigenvalue weighted by atomic mass is 9.78. The second-order valence-corrected chi connectivity index (χ2v) is 5.26. The Labute approximate surface area is 109 Å². The quantitative estimate of drug-likeness (QED) is 0.750. The molecule has 0 aromatic rings. The molecule has 104 valence electrons. The minimum Gasteiger partial charge on any atom is -0.481 e. The van der Waals surface area contributed by atoms with Gasteiger partial charge in [-0.1, -0.05) is 19.3 Å². The van der Waals surface area contributed by atoms with Crippen LogP contribution in [0.4, 0.5) is 0 Å². The molecule has 1 amide bonds. The van der Waals surface area contributed by atoms with E-state index >= 15 is 0 Å². The summed E-state index contributed by atoms with van der Waals surface area (Å²) in [7, 11) is 1.97. The molecule has 1 fully saturated rings. The molecule has 1 aliphatic rings.